The highest BCUT2D eigenvalue weighted by Crippen LogP contribution is 2.33. The third-order valence-electron chi connectivity index (χ3n) is 3.03. The predicted octanol–water partition coefficient (Wildman–Crippen LogP) is 2.93. The first-order valence-electron chi connectivity index (χ1n) is 5.66. The topological polar surface area (TPSA) is 12.0 Å². The van der Waals surface area contributed by atoms with Gasteiger partial charge in [0.25, 0.3) is 0 Å². The maximum Gasteiger partial charge on any atom is 0.0111 e. The molecule has 0 aromatic carbocycles. The maximum atomic E-state index is 3.71. The summed E-state index contributed by atoms with van der Waals surface area (Å²) in [6.07, 6.45) is 4.76. The molecule has 0 aromatic rings. The number of rotatable bonds is 7. The molecule has 1 fully saturated rings. The Balaban J connectivity index is 1.88. The fourth-order valence-corrected chi connectivity index (χ4v) is 2.47. The minimum absolute atomic E-state index is 0.812. The van der Waals surface area contributed by atoms with E-state index in [1.165, 1.54) is 18.6 Å². The molecule has 0 heterocycles. The molecule has 82 valence electrons. The fourth-order valence-electron chi connectivity index (χ4n) is 1.87. The van der Waals surface area contributed by atoms with E-state index in [4.69, 9.17) is 0 Å². The summed E-state index contributed by atoms with van der Waals surface area (Å²) in [5.74, 6) is 4.16. The lowest BCUT2D eigenvalue weighted by atomic mass is 9.74. The number of hydrogen-bond acceptors (Lipinski definition) is 2. The molecule has 1 aliphatic carbocycles. The van der Waals surface area contributed by atoms with E-state index in [2.05, 4.69) is 25.7 Å². The normalized spacial score (nSPS) is 26.2. The van der Waals surface area contributed by atoms with Gasteiger partial charge in [-0.25, -0.2) is 0 Å². The first-order chi connectivity index (χ1) is 6.74. The summed E-state index contributed by atoms with van der Waals surface area (Å²) in [6, 6.07) is 0.812. The molecule has 0 spiro atoms. The van der Waals surface area contributed by atoms with Crippen LogP contribution in [0.5, 0.6) is 0 Å². The number of hydrogen-bond donors (Lipinski definition) is 1. The lowest BCUT2D eigenvalue weighted by molar-refractivity contribution is 0.171. The van der Waals surface area contributed by atoms with E-state index < -0.39 is 0 Å². The van der Waals surface area contributed by atoms with E-state index in [0.717, 1.165) is 30.2 Å². The van der Waals surface area contributed by atoms with Gasteiger partial charge in [-0.05, 0) is 24.7 Å². The van der Waals surface area contributed by atoms with Crippen LogP contribution in [-0.4, -0.2) is 24.1 Å². The van der Waals surface area contributed by atoms with Gasteiger partial charge in [0.1, 0.15) is 0 Å². The van der Waals surface area contributed by atoms with Gasteiger partial charge in [0.15, 0.2) is 0 Å². The zero-order valence-corrected chi connectivity index (χ0v) is 10.3. The summed E-state index contributed by atoms with van der Waals surface area (Å²) in [7, 11) is 0. The van der Waals surface area contributed by atoms with Crippen molar-refractivity contribution in [2.45, 2.75) is 32.7 Å². The van der Waals surface area contributed by atoms with Crippen LogP contribution < -0.4 is 5.32 Å². The maximum absolute atomic E-state index is 3.71. The molecule has 0 aromatic heterocycles. The van der Waals surface area contributed by atoms with Crippen LogP contribution in [0.1, 0.15) is 26.7 Å². The van der Waals surface area contributed by atoms with E-state index in [1.807, 2.05) is 17.8 Å². The van der Waals surface area contributed by atoms with Crippen molar-refractivity contribution in [3.05, 3.63) is 12.7 Å². The highest BCUT2D eigenvalue weighted by Gasteiger charge is 2.30. The Morgan fingerprint density at radius 1 is 1.50 bits per heavy atom. The van der Waals surface area contributed by atoms with Gasteiger partial charge in [-0.3, -0.25) is 0 Å². The van der Waals surface area contributed by atoms with Crippen LogP contribution in [0.2, 0.25) is 0 Å². The Bertz CT molecular complexity index is 162. The molecule has 1 rings (SSSR count). The number of thioether (sulfide) groups is 1. The Morgan fingerprint density at radius 3 is 2.79 bits per heavy atom. The first-order valence-corrected chi connectivity index (χ1v) is 6.81. The molecule has 0 bridgehead atoms. The molecular formula is C12H23NS. The summed E-state index contributed by atoms with van der Waals surface area (Å²) in [5.41, 5.74) is 0. The smallest absolute Gasteiger partial charge is 0.0111 e. The average Bonchev–Trinajstić information content (AvgIpc) is 2.06. The van der Waals surface area contributed by atoms with Crippen LogP contribution in [-0.2, 0) is 0 Å². The van der Waals surface area contributed by atoms with Crippen LogP contribution in [0.4, 0.5) is 0 Å². The van der Waals surface area contributed by atoms with Crippen molar-refractivity contribution >= 4 is 11.8 Å². The molecular weight excluding hydrogens is 190 g/mol. The second kappa shape index (κ2) is 6.52. The largest absolute Gasteiger partial charge is 0.313 e. The van der Waals surface area contributed by atoms with Crippen molar-refractivity contribution in [3.63, 3.8) is 0 Å². The zero-order valence-electron chi connectivity index (χ0n) is 9.46. The zero-order chi connectivity index (χ0) is 10.4. The van der Waals surface area contributed by atoms with Gasteiger partial charge >= 0.3 is 0 Å². The van der Waals surface area contributed by atoms with Crippen molar-refractivity contribution in [3.8, 4) is 0 Å². The van der Waals surface area contributed by atoms with Crippen LogP contribution in [0.3, 0.4) is 0 Å². The van der Waals surface area contributed by atoms with Crippen molar-refractivity contribution in [1.29, 1.82) is 0 Å². The van der Waals surface area contributed by atoms with E-state index in [1.54, 1.807) is 0 Å². The summed E-state index contributed by atoms with van der Waals surface area (Å²) >= 11 is 1.96. The molecule has 1 N–H and O–H groups in total. The quantitative estimate of drug-likeness (QED) is 0.515. The van der Waals surface area contributed by atoms with Gasteiger partial charge < -0.3 is 5.32 Å². The van der Waals surface area contributed by atoms with Gasteiger partial charge in [0.05, 0.1) is 0 Å². The Labute approximate surface area is 92.7 Å². The first kappa shape index (κ1) is 12.1. The number of nitrogens with one attached hydrogen (secondary N) is 1. The standard InChI is InChI=1S/C12H23NS/c1-4-6-14-7-5-13-12-8-11(9-12)10(2)3/h4,10-13H,1,5-9H2,2-3H3. The lowest BCUT2D eigenvalue weighted by Crippen LogP contribution is -2.43. The summed E-state index contributed by atoms with van der Waals surface area (Å²) in [4.78, 5) is 0. The van der Waals surface area contributed by atoms with Gasteiger partial charge in [0.2, 0.25) is 0 Å². The molecule has 0 unspecified atom stereocenters. The molecule has 0 amide bonds. The molecule has 0 saturated heterocycles. The molecule has 1 saturated carbocycles. The highest BCUT2D eigenvalue weighted by atomic mass is 32.2. The molecule has 0 aliphatic heterocycles. The minimum atomic E-state index is 0.812. The summed E-state index contributed by atoms with van der Waals surface area (Å²) in [6.45, 7) is 9.54. The Morgan fingerprint density at radius 2 is 2.21 bits per heavy atom. The van der Waals surface area contributed by atoms with Gasteiger partial charge in [0, 0.05) is 24.1 Å². The molecule has 14 heavy (non-hydrogen) atoms. The van der Waals surface area contributed by atoms with Crippen molar-refractivity contribution in [2.75, 3.05) is 18.1 Å². The monoisotopic (exact) mass is 213 g/mol. The lowest BCUT2D eigenvalue weighted by Gasteiger charge is -2.38. The van der Waals surface area contributed by atoms with E-state index in [9.17, 15) is 0 Å². The minimum Gasteiger partial charge on any atom is -0.313 e. The van der Waals surface area contributed by atoms with Gasteiger partial charge in [-0.1, -0.05) is 19.9 Å². The SMILES string of the molecule is C=CCSCCNC1CC(C(C)C)C1. The molecule has 1 nitrogen and oxygen atoms in total. The van der Waals surface area contributed by atoms with E-state index in [0.29, 0.717) is 0 Å². The second-order valence-corrected chi connectivity index (χ2v) is 5.64. The Hall–Kier alpha value is 0.0500. The average molecular weight is 213 g/mol. The van der Waals surface area contributed by atoms with Gasteiger partial charge in [-0.15, -0.1) is 6.58 Å². The highest BCUT2D eigenvalue weighted by molar-refractivity contribution is 7.99. The van der Waals surface area contributed by atoms with Crippen molar-refractivity contribution < 1.29 is 0 Å². The third kappa shape index (κ3) is 4.05. The van der Waals surface area contributed by atoms with E-state index in [-0.39, 0.29) is 0 Å². The van der Waals surface area contributed by atoms with Crippen LogP contribution in [0.15, 0.2) is 12.7 Å². The molecule has 1 aliphatic rings. The molecule has 0 radical (unpaired) electrons. The van der Waals surface area contributed by atoms with Crippen molar-refractivity contribution in [1.82, 2.24) is 5.32 Å². The Kier molecular flexibility index (Phi) is 5.64. The van der Waals surface area contributed by atoms with Crippen molar-refractivity contribution in [2.24, 2.45) is 11.8 Å². The predicted molar refractivity (Wildman–Crippen MR) is 66.9 cm³/mol. The molecule has 2 heteroatoms. The van der Waals surface area contributed by atoms with Crippen LogP contribution in [0, 0.1) is 11.8 Å². The van der Waals surface area contributed by atoms with Crippen LogP contribution >= 0.6 is 11.8 Å². The van der Waals surface area contributed by atoms with Crippen LogP contribution in [0.25, 0.3) is 0 Å². The van der Waals surface area contributed by atoms with E-state index >= 15 is 0 Å². The summed E-state index contributed by atoms with van der Waals surface area (Å²) < 4.78 is 0. The second-order valence-electron chi connectivity index (χ2n) is 4.49. The third-order valence-corrected chi connectivity index (χ3v) is 4.00. The molecule has 0 atom stereocenters. The fraction of sp³-hybridized carbons (Fsp3) is 0.833. The van der Waals surface area contributed by atoms with Gasteiger partial charge in [-0.2, -0.15) is 11.8 Å². The summed E-state index contributed by atoms with van der Waals surface area (Å²) in [5, 5.41) is 3.61.